The molecule has 1 aliphatic heterocycles. The normalized spacial score (nSPS) is 18.6. The lowest BCUT2D eigenvalue weighted by Crippen LogP contribution is -2.37. The zero-order valence-corrected chi connectivity index (χ0v) is 16.7. The second-order valence-corrected chi connectivity index (χ2v) is 7.15. The quantitative estimate of drug-likeness (QED) is 0.693. The van der Waals surface area contributed by atoms with Gasteiger partial charge in [-0.05, 0) is 32.4 Å². The third-order valence-corrected chi connectivity index (χ3v) is 5.20. The summed E-state index contributed by atoms with van der Waals surface area (Å²) in [5, 5.41) is 10.7. The number of rotatable bonds is 5. The van der Waals surface area contributed by atoms with Crippen LogP contribution >= 0.6 is 0 Å². The van der Waals surface area contributed by atoms with Crippen LogP contribution in [-0.4, -0.2) is 38.3 Å². The van der Waals surface area contributed by atoms with Gasteiger partial charge in [0.05, 0.1) is 11.7 Å². The number of amides is 1. The van der Waals surface area contributed by atoms with Crippen molar-refractivity contribution in [3.05, 3.63) is 65.4 Å². The maximum absolute atomic E-state index is 12.9. The number of ether oxygens (including phenoxy) is 1. The van der Waals surface area contributed by atoms with Crippen molar-refractivity contribution < 1.29 is 9.53 Å². The molecular weight excluding hydrogens is 368 g/mol. The number of carbonyl (C=O) groups excluding carboxylic acids is 1. The van der Waals surface area contributed by atoms with Crippen molar-refractivity contribution in [3.8, 4) is 0 Å². The predicted octanol–water partition coefficient (Wildman–Crippen LogP) is 2.83. The number of anilines is 2. The van der Waals surface area contributed by atoms with E-state index in [2.05, 4.69) is 25.7 Å². The minimum Gasteiger partial charge on any atom is -0.371 e. The number of hydrogen-bond donors (Lipinski definition) is 2. The highest BCUT2D eigenvalue weighted by atomic mass is 16.5. The largest absolute Gasteiger partial charge is 0.371 e. The van der Waals surface area contributed by atoms with Gasteiger partial charge in [-0.2, -0.15) is 5.10 Å². The molecule has 4 rings (SSSR count). The maximum Gasteiger partial charge on any atom is 0.270 e. The molecule has 0 unspecified atom stereocenters. The highest BCUT2D eigenvalue weighted by Crippen LogP contribution is 2.33. The minimum atomic E-state index is -0.247. The molecular formula is C21H24N6O2. The molecule has 1 amide bonds. The molecule has 1 aliphatic rings. The fourth-order valence-electron chi connectivity index (χ4n) is 3.69. The molecule has 2 atom stereocenters. The zero-order valence-electron chi connectivity index (χ0n) is 16.7. The zero-order chi connectivity index (χ0) is 20.4. The lowest BCUT2D eigenvalue weighted by molar-refractivity contribution is 0.0813. The molecule has 0 radical (unpaired) electrons. The topological polar surface area (TPSA) is 94.0 Å². The summed E-state index contributed by atoms with van der Waals surface area (Å²) in [6.45, 7) is 4.57. The maximum atomic E-state index is 12.9. The fraction of sp³-hybridized carbons (Fsp3) is 0.333. The SMILES string of the molecule is Cc1nn(C)c(C)c1[C@H]1OCC[C@@H]1NC(=O)c1cc(Nc2ccccc2)ncn1. The van der Waals surface area contributed by atoms with E-state index in [1.165, 1.54) is 6.33 Å². The van der Waals surface area contributed by atoms with Crippen LogP contribution in [-0.2, 0) is 11.8 Å². The van der Waals surface area contributed by atoms with Gasteiger partial charge in [-0.25, -0.2) is 9.97 Å². The van der Waals surface area contributed by atoms with Gasteiger partial charge in [0.1, 0.15) is 23.9 Å². The van der Waals surface area contributed by atoms with E-state index < -0.39 is 0 Å². The molecule has 8 nitrogen and oxygen atoms in total. The van der Waals surface area contributed by atoms with E-state index in [0.717, 1.165) is 29.1 Å². The molecule has 150 valence electrons. The number of benzene rings is 1. The van der Waals surface area contributed by atoms with Crippen molar-refractivity contribution in [2.45, 2.75) is 32.4 Å². The Morgan fingerprint density at radius 1 is 1.21 bits per heavy atom. The van der Waals surface area contributed by atoms with Crippen molar-refractivity contribution >= 4 is 17.4 Å². The Morgan fingerprint density at radius 3 is 2.72 bits per heavy atom. The van der Waals surface area contributed by atoms with Crippen LogP contribution in [0.15, 0.2) is 42.7 Å². The third-order valence-electron chi connectivity index (χ3n) is 5.20. The van der Waals surface area contributed by atoms with Gasteiger partial charge in [-0.3, -0.25) is 9.48 Å². The van der Waals surface area contributed by atoms with Crippen LogP contribution in [0.2, 0.25) is 0 Å². The van der Waals surface area contributed by atoms with Gasteiger partial charge in [0.2, 0.25) is 0 Å². The molecule has 0 saturated carbocycles. The van der Waals surface area contributed by atoms with Crippen LogP contribution < -0.4 is 10.6 Å². The molecule has 3 heterocycles. The van der Waals surface area contributed by atoms with E-state index in [-0.39, 0.29) is 18.1 Å². The van der Waals surface area contributed by atoms with Gasteiger partial charge >= 0.3 is 0 Å². The van der Waals surface area contributed by atoms with Crippen LogP contribution in [0.5, 0.6) is 0 Å². The fourth-order valence-corrected chi connectivity index (χ4v) is 3.69. The predicted molar refractivity (Wildman–Crippen MR) is 109 cm³/mol. The summed E-state index contributed by atoms with van der Waals surface area (Å²) in [6, 6.07) is 11.2. The van der Waals surface area contributed by atoms with E-state index in [0.29, 0.717) is 18.1 Å². The van der Waals surface area contributed by atoms with Gasteiger partial charge < -0.3 is 15.4 Å². The summed E-state index contributed by atoms with van der Waals surface area (Å²) in [7, 11) is 1.91. The van der Waals surface area contributed by atoms with Crippen molar-refractivity contribution in [1.29, 1.82) is 0 Å². The summed E-state index contributed by atoms with van der Waals surface area (Å²) in [4.78, 5) is 21.2. The average Bonchev–Trinajstić information content (AvgIpc) is 3.26. The summed E-state index contributed by atoms with van der Waals surface area (Å²) in [5.41, 5.74) is 4.22. The molecule has 2 aromatic heterocycles. The Balaban J connectivity index is 1.49. The number of aromatic nitrogens is 4. The standard InChI is InChI=1S/C21H24N6O2/c1-13-19(14(2)27(3)26-13)20-16(9-10-29-20)25-21(28)17-11-18(23-12-22-17)24-15-7-5-4-6-8-15/h4-8,11-12,16,20H,9-10H2,1-3H3,(H,25,28)(H,22,23,24)/t16-,20-/m0/s1. The number of hydrogen-bond acceptors (Lipinski definition) is 6. The van der Waals surface area contributed by atoms with Gasteiger partial charge in [-0.15, -0.1) is 0 Å². The summed E-state index contributed by atoms with van der Waals surface area (Å²) >= 11 is 0. The second kappa shape index (κ2) is 8.00. The Labute approximate surface area is 169 Å². The Morgan fingerprint density at radius 2 is 2.00 bits per heavy atom. The molecule has 29 heavy (non-hydrogen) atoms. The molecule has 1 aromatic carbocycles. The van der Waals surface area contributed by atoms with E-state index >= 15 is 0 Å². The summed E-state index contributed by atoms with van der Waals surface area (Å²) in [5.74, 6) is 0.317. The average molecular weight is 392 g/mol. The molecule has 0 aliphatic carbocycles. The first-order valence-electron chi connectivity index (χ1n) is 9.59. The Kier molecular flexibility index (Phi) is 5.26. The van der Waals surface area contributed by atoms with Gasteiger partial charge in [-0.1, -0.05) is 18.2 Å². The van der Waals surface area contributed by atoms with E-state index in [9.17, 15) is 4.79 Å². The molecule has 8 heteroatoms. The van der Waals surface area contributed by atoms with Gasteiger partial charge in [0, 0.05) is 36.7 Å². The van der Waals surface area contributed by atoms with Gasteiger partial charge in [0.25, 0.3) is 5.91 Å². The van der Waals surface area contributed by atoms with Crippen molar-refractivity contribution in [1.82, 2.24) is 25.1 Å². The highest BCUT2D eigenvalue weighted by molar-refractivity contribution is 5.93. The van der Waals surface area contributed by atoms with Crippen LogP contribution in [0.1, 0.15) is 40.0 Å². The van der Waals surface area contributed by atoms with Crippen LogP contribution in [0.3, 0.4) is 0 Å². The smallest absolute Gasteiger partial charge is 0.270 e. The first-order valence-corrected chi connectivity index (χ1v) is 9.59. The van der Waals surface area contributed by atoms with Crippen LogP contribution in [0.4, 0.5) is 11.5 Å². The first kappa shape index (κ1) is 19.1. The van der Waals surface area contributed by atoms with E-state index in [1.807, 2.05) is 55.9 Å². The van der Waals surface area contributed by atoms with Gasteiger partial charge in [0.15, 0.2) is 0 Å². The monoisotopic (exact) mass is 392 g/mol. The van der Waals surface area contributed by atoms with Crippen molar-refractivity contribution in [3.63, 3.8) is 0 Å². The van der Waals surface area contributed by atoms with E-state index in [1.54, 1.807) is 6.07 Å². The molecule has 1 saturated heterocycles. The third kappa shape index (κ3) is 3.97. The lowest BCUT2D eigenvalue weighted by Gasteiger charge is -2.20. The minimum absolute atomic E-state index is 0.135. The summed E-state index contributed by atoms with van der Waals surface area (Å²) < 4.78 is 7.80. The number of nitrogens with one attached hydrogen (secondary N) is 2. The highest BCUT2D eigenvalue weighted by Gasteiger charge is 2.35. The second-order valence-electron chi connectivity index (χ2n) is 7.15. The molecule has 1 fully saturated rings. The molecule has 0 spiro atoms. The van der Waals surface area contributed by atoms with E-state index in [4.69, 9.17) is 4.74 Å². The summed E-state index contributed by atoms with van der Waals surface area (Å²) in [6.07, 6.45) is 1.92. The number of para-hydroxylation sites is 1. The molecule has 2 N–H and O–H groups in total. The van der Waals surface area contributed by atoms with Crippen molar-refractivity contribution in [2.24, 2.45) is 7.05 Å². The first-order chi connectivity index (χ1) is 14.0. The van der Waals surface area contributed by atoms with Crippen LogP contribution in [0, 0.1) is 13.8 Å². The molecule has 3 aromatic rings. The number of carbonyl (C=O) groups is 1. The number of nitrogens with zero attached hydrogens (tertiary/aromatic N) is 4. The number of aryl methyl sites for hydroxylation is 2. The lowest BCUT2D eigenvalue weighted by atomic mass is 10.00. The molecule has 0 bridgehead atoms. The van der Waals surface area contributed by atoms with Crippen molar-refractivity contribution in [2.75, 3.05) is 11.9 Å². The van der Waals surface area contributed by atoms with Crippen LogP contribution in [0.25, 0.3) is 0 Å². The Hall–Kier alpha value is -3.26. The Bertz CT molecular complexity index is 1020.